The fourth-order valence-electron chi connectivity index (χ4n) is 1.09. The Morgan fingerprint density at radius 2 is 2.23 bits per heavy atom. The highest BCUT2D eigenvalue weighted by Gasteiger charge is 2.14. The van der Waals surface area contributed by atoms with Crippen LogP contribution in [0.3, 0.4) is 0 Å². The second-order valence-corrected chi connectivity index (χ2v) is 2.52. The van der Waals surface area contributed by atoms with Crippen LogP contribution in [0.5, 0.6) is 5.75 Å². The van der Waals surface area contributed by atoms with E-state index in [1.54, 1.807) is 6.92 Å². The molecular formula is C8H9NO4. The first-order valence-electron chi connectivity index (χ1n) is 3.74. The van der Waals surface area contributed by atoms with Crippen LogP contribution in [0.25, 0.3) is 0 Å². The van der Waals surface area contributed by atoms with E-state index < -0.39 is 17.1 Å². The Labute approximate surface area is 73.7 Å². The number of hydrogen-bond donors (Lipinski definition) is 3. The van der Waals surface area contributed by atoms with Gasteiger partial charge in [-0.3, -0.25) is 4.79 Å². The molecule has 1 heterocycles. The molecule has 5 heteroatoms. The molecule has 0 spiro atoms. The van der Waals surface area contributed by atoms with Gasteiger partial charge in [0.25, 0.3) is 0 Å². The molecule has 1 rings (SSSR count). The summed E-state index contributed by atoms with van der Waals surface area (Å²) in [6.45, 7) is 1.65. The van der Waals surface area contributed by atoms with E-state index in [9.17, 15) is 9.59 Å². The molecule has 0 aliphatic heterocycles. The van der Waals surface area contributed by atoms with Crippen molar-refractivity contribution in [3.05, 3.63) is 27.7 Å². The van der Waals surface area contributed by atoms with Crippen LogP contribution in [0.1, 0.15) is 23.0 Å². The van der Waals surface area contributed by atoms with Crippen molar-refractivity contribution in [2.75, 3.05) is 0 Å². The van der Waals surface area contributed by atoms with Gasteiger partial charge < -0.3 is 15.2 Å². The van der Waals surface area contributed by atoms with Crippen LogP contribution in [-0.4, -0.2) is 21.2 Å². The van der Waals surface area contributed by atoms with Crippen molar-refractivity contribution in [1.82, 2.24) is 4.98 Å². The molecule has 5 nitrogen and oxygen atoms in total. The van der Waals surface area contributed by atoms with Crippen LogP contribution in [0, 0.1) is 0 Å². The third kappa shape index (κ3) is 1.53. The normalized spacial score (nSPS) is 9.92. The predicted molar refractivity (Wildman–Crippen MR) is 45.1 cm³/mol. The minimum absolute atomic E-state index is 0.0903. The monoisotopic (exact) mass is 183 g/mol. The summed E-state index contributed by atoms with van der Waals surface area (Å²) in [6, 6.07) is 0. The molecule has 70 valence electrons. The maximum Gasteiger partial charge on any atom is 0.352 e. The van der Waals surface area contributed by atoms with Crippen LogP contribution in [0.15, 0.2) is 11.0 Å². The maximum absolute atomic E-state index is 11.2. The molecule has 0 unspecified atom stereocenters. The Morgan fingerprint density at radius 1 is 1.62 bits per heavy atom. The van der Waals surface area contributed by atoms with E-state index in [0.29, 0.717) is 0 Å². The van der Waals surface area contributed by atoms with Crippen molar-refractivity contribution >= 4 is 5.97 Å². The van der Waals surface area contributed by atoms with E-state index in [0.717, 1.165) is 6.20 Å². The Morgan fingerprint density at radius 3 is 2.69 bits per heavy atom. The Kier molecular flexibility index (Phi) is 2.36. The standard InChI is InChI=1S/C8H9NO4/c1-2-4-6(8(12)13)9-3-5(10)7(4)11/h3,10H,2H2,1H3,(H,9,11)(H,12,13). The van der Waals surface area contributed by atoms with E-state index in [1.165, 1.54) is 0 Å². The van der Waals surface area contributed by atoms with Crippen molar-refractivity contribution in [3.63, 3.8) is 0 Å². The summed E-state index contributed by atoms with van der Waals surface area (Å²) in [5.74, 6) is -1.66. The summed E-state index contributed by atoms with van der Waals surface area (Å²) >= 11 is 0. The number of nitrogens with one attached hydrogen (secondary N) is 1. The number of carboxylic acid groups (broad SMARTS) is 1. The summed E-state index contributed by atoms with van der Waals surface area (Å²) in [6.07, 6.45) is 1.25. The molecule has 13 heavy (non-hydrogen) atoms. The zero-order valence-electron chi connectivity index (χ0n) is 7.00. The summed E-state index contributed by atoms with van der Waals surface area (Å²) in [5.41, 5.74) is -0.698. The first-order chi connectivity index (χ1) is 6.07. The molecule has 0 amide bonds. The van der Waals surface area contributed by atoms with E-state index in [4.69, 9.17) is 10.2 Å². The lowest BCUT2D eigenvalue weighted by Crippen LogP contribution is -2.16. The lowest BCUT2D eigenvalue weighted by atomic mass is 10.1. The largest absolute Gasteiger partial charge is 0.503 e. The smallest absolute Gasteiger partial charge is 0.352 e. The molecule has 0 fully saturated rings. The second kappa shape index (κ2) is 3.30. The number of carboxylic acids is 1. The molecular weight excluding hydrogens is 174 g/mol. The quantitative estimate of drug-likeness (QED) is 0.616. The van der Waals surface area contributed by atoms with Crippen molar-refractivity contribution < 1.29 is 15.0 Å². The fourth-order valence-corrected chi connectivity index (χ4v) is 1.09. The summed E-state index contributed by atoms with van der Waals surface area (Å²) in [4.78, 5) is 24.1. The molecule has 0 radical (unpaired) electrons. The Balaban J connectivity index is 3.48. The van der Waals surface area contributed by atoms with Gasteiger partial charge in [0.15, 0.2) is 5.75 Å². The number of aromatic hydroxyl groups is 1. The highest BCUT2D eigenvalue weighted by Crippen LogP contribution is 2.06. The first-order valence-corrected chi connectivity index (χ1v) is 3.74. The minimum Gasteiger partial charge on any atom is -0.503 e. The van der Waals surface area contributed by atoms with Gasteiger partial charge in [0, 0.05) is 11.8 Å². The Bertz CT molecular complexity index is 394. The van der Waals surface area contributed by atoms with Crippen molar-refractivity contribution in [2.24, 2.45) is 0 Å². The number of aromatic amines is 1. The van der Waals surface area contributed by atoms with E-state index >= 15 is 0 Å². The maximum atomic E-state index is 11.2. The lowest BCUT2D eigenvalue weighted by molar-refractivity contribution is 0.0689. The lowest BCUT2D eigenvalue weighted by Gasteiger charge is -2.02. The fraction of sp³-hybridized carbons (Fsp3) is 0.250. The molecule has 0 saturated carbocycles. The number of H-pyrrole nitrogens is 1. The summed E-state index contributed by atoms with van der Waals surface area (Å²) in [5, 5.41) is 17.7. The van der Waals surface area contributed by atoms with Crippen molar-refractivity contribution in [2.45, 2.75) is 13.3 Å². The van der Waals surface area contributed by atoms with Gasteiger partial charge in [-0.1, -0.05) is 6.92 Å². The third-order valence-electron chi connectivity index (χ3n) is 1.73. The molecule has 1 aromatic rings. The molecule has 3 N–H and O–H groups in total. The summed E-state index contributed by atoms with van der Waals surface area (Å²) in [7, 11) is 0. The first kappa shape index (κ1) is 9.31. The average molecular weight is 183 g/mol. The number of pyridine rings is 1. The van der Waals surface area contributed by atoms with Crippen LogP contribution in [0.4, 0.5) is 0 Å². The summed E-state index contributed by atoms with van der Waals surface area (Å²) < 4.78 is 0. The van der Waals surface area contributed by atoms with Gasteiger partial charge in [-0.15, -0.1) is 0 Å². The van der Waals surface area contributed by atoms with Gasteiger partial charge in [-0.2, -0.15) is 0 Å². The second-order valence-electron chi connectivity index (χ2n) is 2.52. The molecule has 1 aromatic heterocycles. The average Bonchev–Trinajstić information content (AvgIpc) is 2.09. The molecule has 0 aliphatic rings. The highest BCUT2D eigenvalue weighted by molar-refractivity contribution is 5.87. The van der Waals surface area contributed by atoms with Crippen molar-refractivity contribution in [1.29, 1.82) is 0 Å². The molecule has 0 saturated heterocycles. The zero-order chi connectivity index (χ0) is 10.0. The number of carbonyl (C=O) groups is 1. The number of aromatic nitrogens is 1. The zero-order valence-corrected chi connectivity index (χ0v) is 7.00. The van der Waals surface area contributed by atoms with Crippen LogP contribution < -0.4 is 5.43 Å². The van der Waals surface area contributed by atoms with Gasteiger partial charge in [0.05, 0.1) is 0 Å². The molecule has 0 atom stereocenters. The van der Waals surface area contributed by atoms with Gasteiger partial charge >= 0.3 is 5.97 Å². The van der Waals surface area contributed by atoms with Crippen LogP contribution >= 0.6 is 0 Å². The van der Waals surface area contributed by atoms with Gasteiger partial charge in [-0.25, -0.2) is 4.79 Å². The Hall–Kier alpha value is -1.78. The minimum atomic E-state index is -1.20. The number of rotatable bonds is 2. The number of hydrogen-bond acceptors (Lipinski definition) is 3. The van der Waals surface area contributed by atoms with E-state index in [2.05, 4.69) is 4.98 Å². The topological polar surface area (TPSA) is 90.4 Å². The molecule has 0 aromatic carbocycles. The molecule has 0 bridgehead atoms. The third-order valence-corrected chi connectivity index (χ3v) is 1.73. The van der Waals surface area contributed by atoms with Crippen molar-refractivity contribution in [3.8, 4) is 5.75 Å². The van der Waals surface area contributed by atoms with Crippen LogP contribution in [0.2, 0.25) is 0 Å². The van der Waals surface area contributed by atoms with E-state index in [-0.39, 0.29) is 17.7 Å². The molecule has 0 aliphatic carbocycles. The predicted octanol–water partition coefficient (Wildman–Crippen LogP) is 0.341. The SMILES string of the molecule is CCc1c(C(=O)O)[nH]cc(O)c1=O. The van der Waals surface area contributed by atoms with Crippen LogP contribution in [-0.2, 0) is 6.42 Å². The highest BCUT2D eigenvalue weighted by atomic mass is 16.4. The van der Waals surface area contributed by atoms with Gasteiger partial charge in [0.2, 0.25) is 5.43 Å². The van der Waals surface area contributed by atoms with Gasteiger partial charge in [0.1, 0.15) is 5.69 Å². The van der Waals surface area contributed by atoms with E-state index in [1.807, 2.05) is 0 Å². The van der Waals surface area contributed by atoms with Gasteiger partial charge in [-0.05, 0) is 6.42 Å². The number of aromatic carboxylic acids is 1.